The summed E-state index contributed by atoms with van der Waals surface area (Å²) in [5, 5.41) is 8.29. The van der Waals surface area contributed by atoms with Gasteiger partial charge in [-0.1, -0.05) is 56.3 Å². The summed E-state index contributed by atoms with van der Waals surface area (Å²) in [5.41, 5.74) is 3.46. The van der Waals surface area contributed by atoms with Crippen molar-refractivity contribution in [1.29, 1.82) is 0 Å². The van der Waals surface area contributed by atoms with E-state index in [4.69, 9.17) is 5.10 Å². The summed E-state index contributed by atoms with van der Waals surface area (Å²) < 4.78 is 3.71. The van der Waals surface area contributed by atoms with E-state index in [1.807, 2.05) is 35.8 Å². The van der Waals surface area contributed by atoms with Crippen LogP contribution in [-0.4, -0.2) is 38.4 Å². The molecule has 0 aliphatic carbocycles. The average molecular weight is 453 g/mol. The minimum Gasteiger partial charge on any atom is -0.362 e. The van der Waals surface area contributed by atoms with E-state index in [0.717, 1.165) is 16.6 Å². The third-order valence-electron chi connectivity index (χ3n) is 5.97. The summed E-state index contributed by atoms with van der Waals surface area (Å²) in [6.07, 6.45) is 3.56. The summed E-state index contributed by atoms with van der Waals surface area (Å²) in [5.74, 6) is 0.900. The van der Waals surface area contributed by atoms with Gasteiger partial charge in [0.25, 0.3) is 0 Å². The topological polar surface area (TPSA) is 68.8 Å². The SMILES string of the molecule is CC(C)Cn1c(=O)nc(N(C)C)c2c(-c3ccncc3)n(Cc3cccc4ccccc34)nc21. The number of rotatable bonds is 6. The van der Waals surface area contributed by atoms with Gasteiger partial charge < -0.3 is 4.90 Å². The Morgan fingerprint density at radius 3 is 2.44 bits per heavy atom. The molecule has 0 atom stereocenters. The third kappa shape index (κ3) is 3.83. The highest BCUT2D eigenvalue weighted by Gasteiger charge is 2.23. The fraction of sp³-hybridized carbons (Fsp3) is 0.259. The van der Waals surface area contributed by atoms with Crippen molar-refractivity contribution in [3.05, 3.63) is 83.0 Å². The van der Waals surface area contributed by atoms with Gasteiger partial charge >= 0.3 is 5.69 Å². The van der Waals surface area contributed by atoms with E-state index in [9.17, 15) is 4.79 Å². The van der Waals surface area contributed by atoms with Crippen molar-refractivity contribution in [1.82, 2.24) is 24.3 Å². The fourth-order valence-corrected chi connectivity index (χ4v) is 4.50. The van der Waals surface area contributed by atoms with Crippen LogP contribution in [-0.2, 0) is 13.1 Å². The highest BCUT2D eigenvalue weighted by Crippen LogP contribution is 2.34. The number of pyridine rings is 1. The molecule has 0 unspecified atom stereocenters. The molecule has 0 spiro atoms. The first-order valence-electron chi connectivity index (χ1n) is 11.5. The molecule has 7 nitrogen and oxygen atoms in total. The van der Waals surface area contributed by atoms with E-state index in [1.165, 1.54) is 16.3 Å². The maximum atomic E-state index is 13.1. The number of benzene rings is 2. The minimum atomic E-state index is -0.277. The maximum absolute atomic E-state index is 13.1. The molecule has 0 radical (unpaired) electrons. The Bertz CT molecular complexity index is 1530. The Hall–Kier alpha value is -4.00. The van der Waals surface area contributed by atoms with Crippen LogP contribution in [0.15, 0.2) is 71.8 Å². The molecule has 0 aliphatic rings. The first-order chi connectivity index (χ1) is 16.4. The van der Waals surface area contributed by atoms with Crippen molar-refractivity contribution in [3.8, 4) is 11.3 Å². The first-order valence-corrected chi connectivity index (χ1v) is 11.5. The summed E-state index contributed by atoms with van der Waals surface area (Å²) in [6, 6.07) is 18.7. The second kappa shape index (κ2) is 8.74. The van der Waals surface area contributed by atoms with Gasteiger partial charge in [0.2, 0.25) is 0 Å². The van der Waals surface area contributed by atoms with Crippen LogP contribution in [0.25, 0.3) is 33.1 Å². The normalized spacial score (nSPS) is 11.6. The van der Waals surface area contributed by atoms with Crippen molar-refractivity contribution in [2.24, 2.45) is 5.92 Å². The zero-order valence-corrected chi connectivity index (χ0v) is 19.9. The Morgan fingerprint density at radius 1 is 0.971 bits per heavy atom. The predicted octanol–water partition coefficient (Wildman–Crippen LogP) is 4.58. The quantitative estimate of drug-likeness (QED) is 0.377. The van der Waals surface area contributed by atoms with Gasteiger partial charge in [-0.15, -0.1) is 0 Å². The van der Waals surface area contributed by atoms with E-state index in [0.29, 0.717) is 24.6 Å². The molecule has 0 bridgehead atoms. The van der Waals surface area contributed by atoms with Crippen LogP contribution in [0.1, 0.15) is 19.4 Å². The summed E-state index contributed by atoms with van der Waals surface area (Å²) in [7, 11) is 3.82. The van der Waals surface area contributed by atoms with Crippen LogP contribution in [0.3, 0.4) is 0 Å². The van der Waals surface area contributed by atoms with Crippen LogP contribution in [0.5, 0.6) is 0 Å². The van der Waals surface area contributed by atoms with Crippen molar-refractivity contribution in [2.75, 3.05) is 19.0 Å². The molecule has 0 saturated heterocycles. The Kier molecular flexibility index (Phi) is 5.61. The van der Waals surface area contributed by atoms with Crippen LogP contribution in [0.4, 0.5) is 5.82 Å². The van der Waals surface area contributed by atoms with Gasteiger partial charge in [0.05, 0.1) is 17.6 Å². The van der Waals surface area contributed by atoms with Crippen molar-refractivity contribution < 1.29 is 0 Å². The number of aromatic nitrogens is 5. The Labute approximate surface area is 198 Å². The van der Waals surface area contributed by atoms with E-state index < -0.39 is 0 Å². The van der Waals surface area contributed by atoms with Crippen molar-refractivity contribution in [3.63, 3.8) is 0 Å². The lowest BCUT2D eigenvalue weighted by Crippen LogP contribution is -2.28. The molecule has 34 heavy (non-hydrogen) atoms. The van der Waals surface area contributed by atoms with Gasteiger partial charge in [-0.05, 0) is 34.4 Å². The molecule has 3 aromatic heterocycles. The van der Waals surface area contributed by atoms with Crippen LogP contribution >= 0.6 is 0 Å². The first kappa shape index (κ1) is 21.8. The molecular formula is C27H28N6O. The minimum absolute atomic E-state index is 0.277. The fourth-order valence-electron chi connectivity index (χ4n) is 4.50. The molecule has 172 valence electrons. The maximum Gasteiger partial charge on any atom is 0.351 e. The lowest BCUT2D eigenvalue weighted by Gasteiger charge is -2.16. The zero-order chi connectivity index (χ0) is 23.8. The molecule has 5 aromatic rings. The van der Waals surface area contributed by atoms with Gasteiger partial charge in [-0.3, -0.25) is 14.2 Å². The molecule has 0 N–H and O–H groups in total. The molecular weight excluding hydrogens is 424 g/mol. The standard InChI is InChI=1S/C27H28N6O/c1-18(2)16-32-26-23(25(31(3)4)29-27(32)34)24(20-12-14-28-15-13-20)33(30-26)17-21-10-7-9-19-8-5-6-11-22(19)21/h5-15,18H,16-17H2,1-4H3. The number of fused-ring (bicyclic) bond motifs is 2. The number of hydrogen-bond acceptors (Lipinski definition) is 5. The van der Waals surface area contributed by atoms with E-state index in [-0.39, 0.29) is 11.6 Å². The van der Waals surface area contributed by atoms with E-state index >= 15 is 0 Å². The van der Waals surface area contributed by atoms with Gasteiger partial charge in [0.1, 0.15) is 5.82 Å². The highest BCUT2D eigenvalue weighted by molar-refractivity contribution is 5.99. The van der Waals surface area contributed by atoms with E-state index in [2.05, 4.69) is 66.3 Å². The molecule has 7 heteroatoms. The average Bonchev–Trinajstić information content (AvgIpc) is 3.20. The summed E-state index contributed by atoms with van der Waals surface area (Å²) in [6.45, 7) is 5.30. The van der Waals surface area contributed by atoms with Gasteiger partial charge in [0.15, 0.2) is 5.65 Å². The van der Waals surface area contributed by atoms with Gasteiger partial charge in [0, 0.05) is 38.6 Å². The summed E-state index contributed by atoms with van der Waals surface area (Å²) in [4.78, 5) is 23.6. The lowest BCUT2D eigenvalue weighted by atomic mass is 10.0. The second-order valence-corrected chi connectivity index (χ2v) is 9.20. The molecule has 0 aliphatic heterocycles. The molecule has 3 heterocycles. The molecule has 2 aromatic carbocycles. The van der Waals surface area contributed by atoms with E-state index in [1.54, 1.807) is 17.0 Å². The van der Waals surface area contributed by atoms with Crippen LogP contribution < -0.4 is 10.6 Å². The number of anilines is 1. The summed E-state index contributed by atoms with van der Waals surface area (Å²) >= 11 is 0. The van der Waals surface area contributed by atoms with Gasteiger partial charge in [-0.2, -0.15) is 10.1 Å². The smallest absolute Gasteiger partial charge is 0.351 e. The second-order valence-electron chi connectivity index (χ2n) is 9.20. The van der Waals surface area contributed by atoms with Crippen LogP contribution in [0, 0.1) is 5.92 Å². The van der Waals surface area contributed by atoms with Crippen molar-refractivity contribution in [2.45, 2.75) is 26.9 Å². The third-order valence-corrected chi connectivity index (χ3v) is 5.97. The molecule has 5 rings (SSSR count). The zero-order valence-electron chi connectivity index (χ0n) is 19.9. The van der Waals surface area contributed by atoms with Crippen molar-refractivity contribution >= 4 is 27.6 Å². The van der Waals surface area contributed by atoms with Gasteiger partial charge in [-0.25, -0.2) is 4.79 Å². The molecule has 0 amide bonds. The largest absolute Gasteiger partial charge is 0.362 e. The Morgan fingerprint density at radius 2 is 1.71 bits per heavy atom. The molecule has 0 fully saturated rings. The molecule has 0 saturated carbocycles. The monoisotopic (exact) mass is 452 g/mol. The lowest BCUT2D eigenvalue weighted by molar-refractivity contribution is 0.511. The number of nitrogens with zero attached hydrogens (tertiary/aromatic N) is 6. The predicted molar refractivity (Wildman–Crippen MR) is 137 cm³/mol. The Balaban J connectivity index is 1.84. The van der Waals surface area contributed by atoms with Crippen LogP contribution in [0.2, 0.25) is 0 Å². The highest BCUT2D eigenvalue weighted by atomic mass is 16.1. The number of hydrogen-bond donors (Lipinski definition) is 0.